The smallest absolute Gasteiger partial charge is 0.240 e. The molecule has 1 aromatic carbocycles. The van der Waals surface area contributed by atoms with Gasteiger partial charge in [0.1, 0.15) is 0 Å². The van der Waals surface area contributed by atoms with E-state index in [9.17, 15) is 18.0 Å². The lowest BCUT2D eigenvalue weighted by Gasteiger charge is -2.16. The van der Waals surface area contributed by atoms with Gasteiger partial charge in [0.15, 0.2) is 0 Å². The van der Waals surface area contributed by atoms with E-state index >= 15 is 0 Å². The molecule has 0 aromatic heterocycles. The summed E-state index contributed by atoms with van der Waals surface area (Å²) in [7, 11) is -3.65. The Balaban J connectivity index is 1.42. The predicted molar refractivity (Wildman–Crippen MR) is 86.8 cm³/mol. The van der Waals surface area contributed by atoms with Gasteiger partial charge in [0.05, 0.1) is 11.3 Å². The standard InChI is InChI=1S/C16H19N3O4S/c20-15-7-11-6-13(3-4-14(11)18-15)24(22,23)17-8-10-5-16(21)19(9-10)12-1-2-12/h3-4,6,10,12,17H,1-2,5,7-9H2,(H,18,20). The van der Waals surface area contributed by atoms with Crippen molar-refractivity contribution in [2.24, 2.45) is 5.92 Å². The summed E-state index contributed by atoms with van der Waals surface area (Å²) in [6.07, 6.45) is 2.73. The number of likely N-dealkylation sites (tertiary alicyclic amines) is 1. The van der Waals surface area contributed by atoms with Crippen molar-refractivity contribution in [2.75, 3.05) is 18.4 Å². The molecule has 8 heteroatoms. The summed E-state index contributed by atoms with van der Waals surface area (Å²) >= 11 is 0. The number of nitrogens with one attached hydrogen (secondary N) is 2. The maximum atomic E-state index is 12.5. The van der Waals surface area contributed by atoms with Crippen LogP contribution in [0.5, 0.6) is 0 Å². The molecule has 1 atom stereocenters. The van der Waals surface area contributed by atoms with Gasteiger partial charge in [-0.1, -0.05) is 0 Å². The summed E-state index contributed by atoms with van der Waals surface area (Å²) in [6.45, 7) is 0.889. The molecular formula is C16H19N3O4S. The Morgan fingerprint density at radius 2 is 2.04 bits per heavy atom. The molecule has 1 aromatic rings. The van der Waals surface area contributed by atoms with E-state index in [0.29, 0.717) is 30.3 Å². The fourth-order valence-electron chi connectivity index (χ4n) is 3.37. The normalized spacial score (nSPS) is 23.5. The fraction of sp³-hybridized carbons (Fsp3) is 0.500. The van der Waals surface area contributed by atoms with Crippen molar-refractivity contribution in [1.29, 1.82) is 0 Å². The van der Waals surface area contributed by atoms with Crippen molar-refractivity contribution in [3.63, 3.8) is 0 Å². The maximum absolute atomic E-state index is 12.5. The van der Waals surface area contributed by atoms with Gasteiger partial charge in [0, 0.05) is 31.2 Å². The zero-order chi connectivity index (χ0) is 16.9. The van der Waals surface area contributed by atoms with E-state index in [2.05, 4.69) is 10.0 Å². The highest BCUT2D eigenvalue weighted by molar-refractivity contribution is 7.89. The zero-order valence-electron chi connectivity index (χ0n) is 13.1. The van der Waals surface area contributed by atoms with Crippen LogP contribution >= 0.6 is 0 Å². The molecule has 2 N–H and O–H groups in total. The lowest BCUT2D eigenvalue weighted by Crippen LogP contribution is -2.32. The second-order valence-corrected chi connectivity index (χ2v) is 8.51. The Morgan fingerprint density at radius 1 is 1.25 bits per heavy atom. The molecule has 1 aliphatic carbocycles. The summed E-state index contributed by atoms with van der Waals surface area (Å²) in [5.74, 6) is 0.0199. The van der Waals surface area contributed by atoms with Crippen LogP contribution in [0.2, 0.25) is 0 Å². The third-order valence-electron chi connectivity index (χ3n) is 4.80. The number of carbonyl (C=O) groups excluding carboxylic acids is 2. The van der Waals surface area contributed by atoms with Crippen LogP contribution in [0.4, 0.5) is 5.69 Å². The second-order valence-electron chi connectivity index (χ2n) is 6.74. The Kier molecular flexibility index (Phi) is 3.61. The Bertz CT molecular complexity index is 817. The minimum absolute atomic E-state index is 0.0190. The molecule has 0 spiro atoms. The lowest BCUT2D eigenvalue weighted by molar-refractivity contribution is -0.128. The molecule has 4 rings (SSSR count). The first kappa shape index (κ1) is 15.6. The predicted octanol–water partition coefficient (Wildman–Crippen LogP) is 0.470. The number of benzene rings is 1. The SMILES string of the molecule is O=C1Cc2cc(S(=O)(=O)NCC3CC(=O)N(C4CC4)C3)ccc2N1. The molecular weight excluding hydrogens is 330 g/mol. The van der Waals surface area contributed by atoms with Crippen LogP contribution in [0.3, 0.4) is 0 Å². The first-order chi connectivity index (χ1) is 11.4. The zero-order valence-corrected chi connectivity index (χ0v) is 13.9. The quantitative estimate of drug-likeness (QED) is 0.808. The van der Waals surface area contributed by atoms with Gasteiger partial charge in [-0.25, -0.2) is 13.1 Å². The summed E-state index contributed by atoms with van der Waals surface area (Å²) in [5, 5.41) is 2.68. The number of amides is 2. The highest BCUT2D eigenvalue weighted by Gasteiger charge is 2.39. The highest BCUT2D eigenvalue weighted by atomic mass is 32.2. The molecule has 2 aliphatic heterocycles. The molecule has 2 fully saturated rings. The lowest BCUT2D eigenvalue weighted by atomic mass is 10.1. The molecule has 7 nitrogen and oxygen atoms in total. The summed E-state index contributed by atoms with van der Waals surface area (Å²) in [4.78, 5) is 25.3. The van der Waals surface area contributed by atoms with Crippen molar-refractivity contribution in [2.45, 2.75) is 36.6 Å². The number of nitrogens with zero attached hydrogens (tertiary/aromatic N) is 1. The van der Waals surface area contributed by atoms with Crippen molar-refractivity contribution in [3.05, 3.63) is 23.8 Å². The highest BCUT2D eigenvalue weighted by Crippen LogP contribution is 2.32. The van der Waals surface area contributed by atoms with E-state index in [1.165, 1.54) is 12.1 Å². The van der Waals surface area contributed by atoms with Gasteiger partial charge in [-0.3, -0.25) is 9.59 Å². The monoisotopic (exact) mass is 349 g/mol. The number of carbonyl (C=O) groups is 2. The van der Waals surface area contributed by atoms with Gasteiger partial charge >= 0.3 is 0 Å². The van der Waals surface area contributed by atoms with E-state index < -0.39 is 10.0 Å². The first-order valence-electron chi connectivity index (χ1n) is 8.14. The first-order valence-corrected chi connectivity index (χ1v) is 9.62. The topological polar surface area (TPSA) is 95.6 Å². The average molecular weight is 349 g/mol. The molecule has 1 unspecified atom stereocenters. The molecule has 24 heavy (non-hydrogen) atoms. The Hall–Kier alpha value is -1.93. The van der Waals surface area contributed by atoms with Crippen LogP contribution in [-0.4, -0.2) is 44.3 Å². The van der Waals surface area contributed by atoms with E-state index in [1.807, 2.05) is 4.90 Å². The van der Waals surface area contributed by atoms with Crippen LogP contribution in [-0.2, 0) is 26.0 Å². The van der Waals surface area contributed by atoms with Crippen LogP contribution < -0.4 is 10.0 Å². The number of hydrogen-bond acceptors (Lipinski definition) is 4. The number of sulfonamides is 1. The summed E-state index contributed by atoms with van der Waals surface area (Å²) in [6, 6.07) is 5.01. The molecule has 1 saturated heterocycles. The molecule has 2 amide bonds. The number of hydrogen-bond donors (Lipinski definition) is 2. The van der Waals surface area contributed by atoms with Gasteiger partial charge in [-0.15, -0.1) is 0 Å². The van der Waals surface area contributed by atoms with E-state index in [4.69, 9.17) is 0 Å². The van der Waals surface area contributed by atoms with E-state index in [-0.39, 0.29) is 35.6 Å². The van der Waals surface area contributed by atoms with Crippen LogP contribution in [0.15, 0.2) is 23.1 Å². The van der Waals surface area contributed by atoms with E-state index in [0.717, 1.165) is 12.8 Å². The molecule has 128 valence electrons. The molecule has 0 bridgehead atoms. The van der Waals surface area contributed by atoms with Crippen LogP contribution in [0, 0.1) is 5.92 Å². The molecule has 3 aliphatic rings. The Morgan fingerprint density at radius 3 is 2.79 bits per heavy atom. The summed E-state index contributed by atoms with van der Waals surface area (Å²) < 4.78 is 27.5. The fourth-order valence-corrected chi connectivity index (χ4v) is 4.53. The van der Waals surface area contributed by atoms with Gasteiger partial charge in [-0.05, 0) is 42.5 Å². The molecule has 1 saturated carbocycles. The van der Waals surface area contributed by atoms with Gasteiger partial charge in [-0.2, -0.15) is 0 Å². The third-order valence-corrected chi connectivity index (χ3v) is 6.22. The maximum Gasteiger partial charge on any atom is 0.240 e. The number of rotatable bonds is 5. The van der Waals surface area contributed by atoms with Crippen LogP contribution in [0.1, 0.15) is 24.8 Å². The second kappa shape index (κ2) is 5.56. The molecule has 2 heterocycles. The van der Waals surface area contributed by atoms with Crippen molar-refractivity contribution < 1.29 is 18.0 Å². The van der Waals surface area contributed by atoms with Gasteiger partial charge in [0.2, 0.25) is 21.8 Å². The van der Waals surface area contributed by atoms with Crippen LogP contribution in [0.25, 0.3) is 0 Å². The van der Waals surface area contributed by atoms with Crippen molar-refractivity contribution in [1.82, 2.24) is 9.62 Å². The van der Waals surface area contributed by atoms with Crippen molar-refractivity contribution in [3.8, 4) is 0 Å². The van der Waals surface area contributed by atoms with Gasteiger partial charge in [0.25, 0.3) is 0 Å². The number of anilines is 1. The summed E-state index contributed by atoms with van der Waals surface area (Å²) in [5.41, 5.74) is 1.36. The average Bonchev–Trinajstić information content (AvgIpc) is 3.20. The van der Waals surface area contributed by atoms with Crippen molar-refractivity contribution >= 4 is 27.5 Å². The number of fused-ring (bicyclic) bond motifs is 1. The van der Waals surface area contributed by atoms with Gasteiger partial charge < -0.3 is 10.2 Å². The minimum Gasteiger partial charge on any atom is -0.339 e. The third kappa shape index (κ3) is 2.91. The van der Waals surface area contributed by atoms with E-state index in [1.54, 1.807) is 6.07 Å². The largest absolute Gasteiger partial charge is 0.339 e. The molecule has 0 radical (unpaired) electrons. The minimum atomic E-state index is -3.65. The Labute approximate surface area is 140 Å².